The largest absolute Gasteiger partial charge is 0.756 e. The van der Waals surface area contributed by atoms with Gasteiger partial charge in [0.15, 0.2) is 6.10 Å². The number of carbonyl (C=O) groups is 2. The van der Waals surface area contributed by atoms with Gasteiger partial charge in [-0.1, -0.05) is 216 Å². The molecule has 0 heterocycles. The number of ether oxygens (including phenoxy) is 2. The first-order valence-corrected chi connectivity index (χ1v) is 27.5. The molecule has 0 rings (SSSR count). The van der Waals surface area contributed by atoms with Crippen LogP contribution >= 0.6 is 7.82 Å². The number of esters is 2. The van der Waals surface area contributed by atoms with Gasteiger partial charge >= 0.3 is 11.9 Å². The number of allylic oxidation sites excluding steroid dienone is 10. The van der Waals surface area contributed by atoms with Crippen molar-refractivity contribution < 1.29 is 42.1 Å². The molecule has 9 nitrogen and oxygen atoms in total. The second-order valence-corrected chi connectivity index (χ2v) is 20.0. The van der Waals surface area contributed by atoms with E-state index in [0.29, 0.717) is 23.9 Å². The molecule has 2 atom stereocenters. The molecule has 0 amide bonds. The molecule has 0 radical (unpaired) electrons. The lowest BCUT2D eigenvalue weighted by molar-refractivity contribution is -0.870. The molecule has 0 spiro atoms. The van der Waals surface area contributed by atoms with Crippen LogP contribution < -0.4 is 4.89 Å². The van der Waals surface area contributed by atoms with E-state index in [1.807, 2.05) is 33.3 Å². The van der Waals surface area contributed by atoms with Crippen LogP contribution in [0.3, 0.4) is 0 Å². The number of hydrogen-bond donors (Lipinski definition) is 0. The van der Waals surface area contributed by atoms with Gasteiger partial charge in [0, 0.05) is 12.8 Å². The van der Waals surface area contributed by atoms with Crippen LogP contribution in [0.25, 0.3) is 0 Å². The van der Waals surface area contributed by atoms with Crippen LogP contribution in [0.4, 0.5) is 0 Å². The lowest BCUT2D eigenvalue weighted by Gasteiger charge is -2.28. The summed E-state index contributed by atoms with van der Waals surface area (Å²) in [4.78, 5) is 37.7. The maximum absolute atomic E-state index is 12.7. The smallest absolute Gasteiger partial charge is 0.306 e. The first-order valence-electron chi connectivity index (χ1n) is 26.0. The van der Waals surface area contributed by atoms with Gasteiger partial charge in [-0.2, -0.15) is 0 Å². The number of rotatable bonds is 47. The number of phosphoric ester groups is 1. The Morgan fingerprint density at radius 3 is 1.31 bits per heavy atom. The third-order valence-corrected chi connectivity index (χ3v) is 12.0. The van der Waals surface area contributed by atoms with Crippen LogP contribution in [-0.4, -0.2) is 70.0 Å². The average Bonchev–Trinajstić information content (AvgIpc) is 3.25. The van der Waals surface area contributed by atoms with Crippen molar-refractivity contribution in [2.45, 2.75) is 225 Å². The molecular formula is C54H98NO8P. The normalized spacial score (nSPS) is 13.9. The number of carbonyl (C=O) groups excluding carboxylic acids is 2. The molecule has 0 N–H and O–H groups in total. The van der Waals surface area contributed by atoms with Crippen LogP contribution in [0.2, 0.25) is 0 Å². The van der Waals surface area contributed by atoms with Gasteiger partial charge in [0.2, 0.25) is 0 Å². The Hall–Kier alpha value is -2.29. The van der Waals surface area contributed by atoms with Gasteiger partial charge in [0.1, 0.15) is 19.8 Å². The molecule has 0 aliphatic carbocycles. The summed E-state index contributed by atoms with van der Waals surface area (Å²) in [7, 11) is 1.13. The van der Waals surface area contributed by atoms with Crippen molar-refractivity contribution in [2.75, 3.05) is 47.5 Å². The lowest BCUT2D eigenvalue weighted by Crippen LogP contribution is -2.37. The molecule has 64 heavy (non-hydrogen) atoms. The minimum atomic E-state index is -4.65. The van der Waals surface area contributed by atoms with Gasteiger partial charge in [0.05, 0.1) is 27.7 Å². The number of quaternary nitrogens is 1. The van der Waals surface area contributed by atoms with Gasteiger partial charge in [-0.05, 0) is 51.4 Å². The summed E-state index contributed by atoms with van der Waals surface area (Å²) < 4.78 is 34.0. The summed E-state index contributed by atoms with van der Waals surface area (Å²) in [5.74, 6) is -0.925. The topological polar surface area (TPSA) is 111 Å². The van der Waals surface area contributed by atoms with E-state index in [4.69, 9.17) is 18.5 Å². The van der Waals surface area contributed by atoms with Crippen LogP contribution in [0.15, 0.2) is 60.8 Å². The van der Waals surface area contributed by atoms with Crippen molar-refractivity contribution >= 4 is 19.8 Å². The van der Waals surface area contributed by atoms with Crippen molar-refractivity contribution in [3.05, 3.63) is 60.8 Å². The molecule has 0 saturated carbocycles. The Bertz CT molecular complexity index is 1270. The molecule has 1 unspecified atom stereocenters. The van der Waals surface area contributed by atoms with Gasteiger partial charge in [-0.25, -0.2) is 0 Å². The lowest BCUT2D eigenvalue weighted by atomic mass is 10.0. The summed E-state index contributed by atoms with van der Waals surface area (Å²) >= 11 is 0. The SMILES string of the molecule is CCCCC/C=C/C/C=C/C/C=C/C/C=C/C/C=C/CCC(=O)OC[C@H](COP(=O)([O-])OCC[N+](C)(C)C)OC(=O)CCCCCCCCCCCCCCCCCCCCCCC. The molecule has 0 aliphatic rings. The molecule has 0 aliphatic heterocycles. The molecule has 0 fully saturated rings. The Morgan fingerprint density at radius 2 is 0.875 bits per heavy atom. The van der Waals surface area contributed by atoms with E-state index in [1.54, 1.807) is 0 Å². The van der Waals surface area contributed by atoms with Crippen molar-refractivity contribution in [3.63, 3.8) is 0 Å². The Balaban J connectivity index is 4.33. The number of unbranched alkanes of at least 4 members (excludes halogenated alkanes) is 23. The number of phosphoric acid groups is 1. The summed E-state index contributed by atoms with van der Waals surface area (Å²) in [5, 5.41) is 0. The minimum absolute atomic E-state index is 0.0425. The summed E-state index contributed by atoms with van der Waals surface area (Å²) in [5.41, 5.74) is 0. The van der Waals surface area contributed by atoms with Crippen molar-refractivity contribution in [2.24, 2.45) is 0 Å². The van der Waals surface area contributed by atoms with E-state index < -0.39 is 32.5 Å². The second-order valence-electron chi connectivity index (χ2n) is 18.5. The van der Waals surface area contributed by atoms with E-state index in [-0.39, 0.29) is 26.1 Å². The van der Waals surface area contributed by atoms with Gasteiger partial charge < -0.3 is 27.9 Å². The Labute approximate surface area is 394 Å². The quantitative estimate of drug-likeness (QED) is 0.0195. The summed E-state index contributed by atoms with van der Waals surface area (Å²) in [6.07, 6.45) is 57.0. The van der Waals surface area contributed by atoms with Crippen molar-refractivity contribution in [1.82, 2.24) is 0 Å². The van der Waals surface area contributed by atoms with Gasteiger partial charge in [-0.15, -0.1) is 0 Å². The van der Waals surface area contributed by atoms with Gasteiger partial charge in [0.25, 0.3) is 7.82 Å². The zero-order chi connectivity index (χ0) is 47.1. The van der Waals surface area contributed by atoms with Crippen LogP contribution in [0.1, 0.15) is 219 Å². The highest BCUT2D eigenvalue weighted by atomic mass is 31.2. The molecular weight excluding hydrogens is 822 g/mol. The molecule has 0 aromatic heterocycles. The van der Waals surface area contributed by atoms with Gasteiger partial charge in [-0.3, -0.25) is 14.2 Å². The highest BCUT2D eigenvalue weighted by Crippen LogP contribution is 2.38. The zero-order valence-corrected chi connectivity index (χ0v) is 42.9. The monoisotopic (exact) mass is 920 g/mol. The molecule has 0 saturated heterocycles. The van der Waals surface area contributed by atoms with E-state index in [0.717, 1.165) is 44.9 Å². The highest BCUT2D eigenvalue weighted by molar-refractivity contribution is 7.45. The minimum Gasteiger partial charge on any atom is -0.756 e. The average molecular weight is 920 g/mol. The predicted molar refractivity (Wildman–Crippen MR) is 268 cm³/mol. The van der Waals surface area contributed by atoms with E-state index in [1.165, 1.54) is 135 Å². The van der Waals surface area contributed by atoms with Crippen molar-refractivity contribution in [3.8, 4) is 0 Å². The number of nitrogens with zero attached hydrogens (tertiary/aromatic N) is 1. The number of hydrogen-bond acceptors (Lipinski definition) is 8. The standard InChI is InChI=1S/C54H98NO8P/c1-6-8-10-12-14-16-18-20-22-24-26-27-29-31-33-35-37-39-41-43-45-47-54(57)63-52(51-62-64(58,59)61-49-48-55(3,4)5)50-60-53(56)46-44-42-40-38-36-34-32-30-28-25-23-21-19-17-15-13-11-9-7-2/h15,17,21,23,28,30,34,36,40,42,52H,6-14,16,18-20,22,24-27,29,31-33,35,37-39,41,43-51H2,1-5H3/b17-15+,23-21+,30-28+,36-34+,42-40+/t52-/m1/s1. The fraction of sp³-hybridized carbons (Fsp3) is 0.778. The fourth-order valence-electron chi connectivity index (χ4n) is 6.99. The molecule has 10 heteroatoms. The van der Waals surface area contributed by atoms with E-state index >= 15 is 0 Å². The maximum atomic E-state index is 12.7. The molecule has 0 bridgehead atoms. The molecule has 0 aromatic carbocycles. The van der Waals surface area contributed by atoms with Crippen LogP contribution in [0, 0.1) is 0 Å². The van der Waals surface area contributed by atoms with Crippen LogP contribution in [0.5, 0.6) is 0 Å². The zero-order valence-electron chi connectivity index (χ0n) is 42.0. The van der Waals surface area contributed by atoms with Crippen LogP contribution in [-0.2, 0) is 32.7 Å². The summed E-state index contributed by atoms with van der Waals surface area (Å²) in [6.45, 7) is 4.14. The molecule has 0 aromatic rings. The van der Waals surface area contributed by atoms with Crippen molar-refractivity contribution in [1.29, 1.82) is 0 Å². The third-order valence-electron chi connectivity index (χ3n) is 11.1. The Kier molecular flexibility index (Phi) is 44.2. The number of likely N-dealkylation sites (N-methyl/N-ethyl adjacent to an activating group) is 1. The Morgan fingerprint density at radius 1 is 0.484 bits per heavy atom. The first-order chi connectivity index (χ1) is 31.0. The maximum Gasteiger partial charge on any atom is 0.306 e. The summed E-state index contributed by atoms with van der Waals surface area (Å²) in [6, 6.07) is 0. The first kappa shape index (κ1) is 61.7. The predicted octanol–water partition coefficient (Wildman–Crippen LogP) is 15.0. The fourth-order valence-corrected chi connectivity index (χ4v) is 7.72. The highest BCUT2D eigenvalue weighted by Gasteiger charge is 2.21. The third kappa shape index (κ3) is 49.2. The molecule has 372 valence electrons. The van der Waals surface area contributed by atoms with E-state index in [2.05, 4.69) is 62.5 Å². The second kappa shape index (κ2) is 45.8. The van der Waals surface area contributed by atoms with E-state index in [9.17, 15) is 19.0 Å².